The van der Waals surface area contributed by atoms with Gasteiger partial charge in [-0.2, -0.15) is 13.2 Å². The highest BCUT2D eigenvalue weighted by atomic mass is 19.4. The molecule has 2 nitrogen and oxygen atoms in total. The maximum absolute atomic E-state index is 13.1. The fourth-order valence-electron chi connectivity index (χ4n) is 3.34. The van der Waals surface area contributed by atoms with Crippen molar-refractivity contribution in [2.75, 3.05) is 0 Å². The molecule has 1 saturated carbocycles. The number of aryl methyl sites for hydroxylation is 1. The van der Waals surface area contributed by atoms with Crippen LogP contribution in [0.5, 0.6) is 0 Å². The number of rotatable bonds is 2. The van der Waals surface area contributed by atoms with Crippen molar-refractivity contribution in [2.45, 2.75) is 44.9 Å². The molecule has 1 heterocycles. The minimum Gasteiger partial charge on any atom is -0.388 e. The molecule has 5 heteroatoms. The quantitative estimate of drug-likeness (QED) is 0.865. The summed E-state index contributed by atoms with van der Waals surface area (Å²) in [6.45, 7) is 1.74. The number of aliphatic hydroxyl groups is 1. The number of aromatic nitrogens is 1. The lowest BCUT2D eigenvalue weighted by Crippen LogP contribution is -2.14. The first-order valence-electron chi connectivity index (χ1n) is 7.53. The van der Waals surface area contributed by atoms with E-state index in [4.69, 9.17) is 0 Å². The summed E-state index contributed by atoms with van der Waals surface area (Å²) >= 11 is 0. The molecule has 0 amide bonds. The van der Waals surface area contributed by atoms with Crippen LogP contribution in [0.4, 0.5) is 13.2 Å². The van der Waals surface area contributed by atoms with Crippen LogP contribution in [0.15, 0.2) is 24.3 Å². The van der Waals surface area contributed by atoms with Crippen LogP contribution in [0.2, 0.25) is 0 Å². The van der Waals surface area contributed by atoms with Crippen molar-refractivity contribution < 1.29 is 18.3 Å². The molecule has 0 radical (unpaired) electrons. The van der Waals surface area contributed by atoms with Gasteiger partial charge in [0.05, 0.1) is 11.6 Å². The van der Waals surface area contributed by atoms with Gasteiger partial charge in [-0.15, -0.1) is 0 Å². The van der Waals surface area contributed by atoms with Crippen molar-refractivity contribution in [2.24, 2.45) is 5.92 Å². The Kier molecular flexibility index (Phi) is 3.85. The minimum atomic E-state index is -4.51. The lowest BCUT2D eigenvalue weighted by Gasteiger charge is -2.21. The molecule has 1 N–H and O–H groups in total. The van der Waals surface area contributed by atoms with Crippen molar-refractivity contribution in [3.05, 3.63) is 41.1 Å². The number of alkyl halides is 3. The molecule has 1 fully saturated rings. The van der Waals surface area contributed by atoms with E-state index >= 15 is 0 Å². The number of hydrogen-bond acceptors (Lipinski definition) is 2. The summed E-state index contributed by atoms with van der Waals surface area (Å²) in [6, 6.07) is 6.28. The molecule has 1 aliphatic carbocycles. The Balaban J connectivity index is 2.20. The maximum Gasteiger partial charge on any atom is 0.433 e. The average molecular weight is 309 g/mol. The van der Waals surface area contributed by atoms with Gasteiger partial charge in [-0.05, 0) is 42.9 Å². The topological polar surface area (TPSA) is 33.1 Å². The van der Waals surface area contributed by atoms with Crippen LogP contribution in [0.25, 0.3) is 10.9 Å². The van der Waals surface area contributed by atoms with E-state index in [0.29, 0.717) is 22.0 Å². The summed E-state index contributed by atoms with van der Waals surface area (Å²) in [7, 11) is 0. The zero-order valence-corrected chi connectivity index (χ0v) is 12.3. The number of benzene rings is 1. The monoisotopic (exact) mass is 309 g/mol. The van der Waals surface area contributed by atoms with Crippen molar-refractivity contribution in [3.8, 4) is 0 Å². The Hall–Kier alpha value is -1.62. The molecule has 0 aliphatic heterocycles. The van der Waals surface area contributed by atoms with E-state index in [1.807, 2.05) is 0 Å². The van der Waals surface area contributed by atoms with Crippen molar-refractivity contribution in [3.63, 3.8) is 0 Å². The van der Waals surface area contributed by atoms with E-state index in [0.717, 1.165) is 31.7 Å². The second-order valence-corrected chi connectivity index (χ2v) is 6.05. The van der Waals surface area contributed by atoms with Crippen LogP contribution in [0.3, 0.4) is 0 Å². The second kappa shape index (κ2) is 5.54. The fraction of sp³-hybridized carbons (Fsp3) is 0.471. The van der Waals surface area contributed by atoms with Gasteiger partial charge >= 0.3 is 6.18 Å². The largest absolute Gasteiger partial charge is 0.433 e. The molecule has 118 valence electrons. The summed E-state index contributed by atoms with van der Waals surface area (Å²) in [6.07, 6.45) is -1.61. The number of nitrogens with zero attached hydrogens (tertiary/aromatic N) is 1. The zero-order chi connectivity index (χ0) is 15.9. The lowest BCUT2D eigenvalue weighted by atomic mass is 9.91. The number of aliphatic hydroxyl groups excluding tert-OH is 1. The molecule has 22 heavy (non-hydrogen) atoms. The number of para-hydroxylation sites is 1. The predicted molar refractivity (Wildman–Crippen MR) is 78.4 cm³/mol. The van der Waals surface area contributed by atoms with Crippen LogP contribution in [0.1, 0.15) is 48.6 Å². The first-order chi connectivity index (χ1) is 10.4. The molecule has 0 bridgehead atoms. The standard InChI is InChI=1S/C17H18F3NO/c1-10-5-4-8-12-13(16(22)11-6-2-3-7-11)9-14(17(18,19)20)21-15(10)12/h4-5,8-9,11,16,22H,2-3,6-7H2,1H3. The molecule has 1 aromatic heterocycles. The molecule has 0 saturated heterocycles. The van der Waals surface area contributed by atoms with Gasteiger partial charge in [0.2, 0.25) is 0 Å². The summed E-state index contributed by atoms with van der Waals surface area (Å²) in [5.74, 6) is 0.0344. The zero-order valence-electron chi connectivity index (χ0n) is 12.3. The molecule has 1 aromatic carbocycles. The van der Waals surface area contributed by atoms with Crippen LogP contribution in [-0.4, -0.2) is 10.1 Å². The first kappa shape index (κ1) is 15.3. The van der Waals surface area contributed by atoms with Crippen LogP contribution < -0.4 is 0 Å². The van der Waals surface area contributed by atoms with Gasteiger partial charge < -0.3 is 5.11 Å². The minimum absolute atomic E-state index is 0.0344. The third-order valence-electron chi connectivity index (χ3n) is 4.53. The smallest absolute Gasteiger partial charge is 0.388 e. The highest BCUT2D eigenvalue weighted by Gasteiger charge is 2.35. The molecule has 1 aliphatic rings. The Morgan fingerprint density at radius 1 is 1.23 bits per heavy atom. The Labute approximate surface area is 127 Å². The summed E-state index contributed by atoms with van der Waals surface area (Å²) < 4.78 is 39.4. The average Bonchev–Trinajstić information content (AvgIpc) is 2.99. The normalized spacial score (nSPS) is 18.0. The molecule has 3 rings (SSSR count). The fourth-order valence-corrected chi connectivity index (χ4v) is 3.34. The molecular weight excluding hydrogens is 291 g/mol. The van der Waals surface area contributed by atoms with Gasteiger partial charge in [-0.25, -0.2) is 4.98 Å². The third-order valence-corrected chi connectivity index (χ3v) is 4.53. The predicted octanol–water partition coefficient (Wildman–Crippen LogP) is 4.79. The Morgan fingerprint density at radius 2 is 1.91 bits per heavy atom. The van der Waals surface area contributed by atoms with Gasteiger partial charge in [-0.3, -0.25) is 0 Å². The molecule has 1 unspecified atom stereocenters. The van der Waals surface area contributed by atoms with Crippen molar-refractivity contribution in [1.29, 1.82) is 0 Å². The van der Waals surface area contributed by atoms with Gasteiger partial charge in [0.1, 0.15) is 5.69 Å². The van der Waals surface area contributed by atoms with Crippen molar-refractivity contribution in [1.82, 2.24) is 4.98 Å². The Bertz CT molecular complexity index is 690. The highest BCUT2D eigenvalue weighted by Crippen LogP contribution is 2.40. The van der Waals surface area contributed by atoms with E-state index in [2.05, 4.69) is 4.98 Å². The van der Waals surface area contributed by atoms with Gasteiger partial charge in [-0.1, -0.05) is 31.0 Å². The first-order valence-corrected chi connectivity index (χ1v) is 7.53. The van der Waals surface area contributed by atoms with E-state index in [-0.39, 0.29) is 5.92 Å². The Morgan fingerprint density at radius 3 is 2.55 bits per heavy atom. The third kappa shape index (κ3) is 2.70. The number of fused-ring (bicyclic) bond motifs is 1. The maximum atomic E-state index is 13.1. The summed E-state index contributed by atoms with van der Waals surface area (Å²) in [5, 5.41) is 11.2. The molecule has 0 spiro atoms. The van der Waals surface area contributed by atoms with E-state index in [9.17, 15) is 18.3 Å². The number of halogens is 3. The summed E-state index contributed by atoms with van der Waals surface area (Å²) in [5.41, 5.74) is 0.433. The molecule has 1 atom stereocenters. The SMILES string of the molecule is Cc1cccc2c(C(O)C3CCCC3)cc(C(F)(F)F)nc12. The highest BCUT2D eigenvalue weighted by molar-refractivity contribution is 5.85. The number of pyridine rings is 1. The van der Waals surface area contributed by atoms with Crippen LogP contribution in [-0.2, 0) is 6.18 Å². The van der Waals surface area contributed by atoms with Crippen LogP contribution in [0, 0.1) is 12.8 Å². The van der Waals surface area contributed by atoms with Crippen molar-refractivity contribution >= 4 is 10.9 Å². The van der Waals surface area contributed by atoms with Crippen LogP contribution >= 0.6 is 0 Å². The summed E-state index contributed by atoms with van der Waals surface area (Å²) in [4.78, 5) is 3.78. The molecular formula is C17H18F3NO. The number of hydrogen-bond donors (Lipinski definition) is 1. The van der Waals surface area contributed by atoms with E-state index in [1.54, 1.807) is 25.1 Å². The second-order valence-electron chi connectivity index (χ2n) is 6.05. The van der Waals surface area contributed by atoms with E-state index < -0.39 is 18.0 Å². The lowest BCUT2D eigenvalue weighted by molar-refractivity contribution is -0.141. The van der Waals surface area contributed by atoms with E-state index in [1.165, 1.54) is 0 Å². The van der Waals surface area contributed by atoms with Gasteiger partial charge in [0, 0.05) is 5.39 Å². The van der Waals surface area contributed by atoms with Gasteiger partial charge in [0.25, 0.3) is 0 Å². The van der Waals surface area contributed by atoms with Gasteiger partial charge in [0.15, 0.2) is 0 Å². The molecule has 2 aromatic rings.